The maximum Gasteiger partial charge on any atom is 0.254 e. The van der Waals surface area contributed by atoms with Gasteiger partial charge in [-0.05, 0) is 55.2 Å². The van der Waals surface area contributed by atoms with E-state index in [0.717, 1.165) is 50.5 Å². The molecule has 1 spiro atoms. The summed E-state index contributed by atoms with van der Waals surface area (Å²) in [5.41, 5.74) is 7.28. The lowest BCUT2D eigenvalue weighted by Gasteiger charge is -2.53. The van der Waals surface area contributed by atoms with Crippen LogP contribution in [0.25, 0.3) is 0 Å². The predicted molar refractivity (Wildman–Crippen MR) is 125 cm³/mol. The maximum atomic E-state index is 13.8. The first-order chi connectivity index (χ1) is 15.5. The molecule has 1 aliphatic carbocycles. The fourth-order valence-electron chi connectivity index (χ4n) is 5.42. The van der Waals surface area contributed by atoms with Gasteiger partial charge in [0.1, 0.15) is 0 Å². The monoisotopic (exact) mass is 433 g/mol. The summed E-state index contributed by atoms with van der Waals surface area (Å²) in [4.78, 5) is 40.8. The van der Waals surface area contributed by atoms with Crippen LogP contribution in [0.3, 0.4) is 0 Å². The number of carbonyl (C=O) groups excluding carboxylic acids is 3. The van der Waals surface area contributed by atoms with Crippen molar-refractivity contribution in [2.45, 2.75) is 63.3 Å². The molecule has 3 N–H and O–H groups in total. The Morgan fingerprint density at radius 2 is 1.75 bits per heavy atom. The van der Waals surface area contributed by atoms with Gasteiger partial charge < -0.3 is 16.0 Å². The van der Waals surface area contributed by atoms with Gasteiger partial charge >= 0.3 is 0 Å². The van der Waals surface area contributed by atoms with Gasteiger partial charge in [0, 0.05) is 23.4 Å². The molecule has 3 amide bonds. The molecular weight excluding hydrogens is 402 g/mol. The Hall–Kier alpha value is -3.15. The van der Waals surface area contributed by atoms with Gasteiger partial charge in [0.25, 0.3) is 5.91 Å². The average molecular weight is 434 g/mol. The molecule has 1 saturated carbocycles. The van der Waals surface area contributed by atoms with Gasteiger partial charge in [0.05, 0.1) is 11.5 Å². The molecule has 6 nitrogen and oxygen atoms in total. The number of benzene rings is 2. The van der Waals surface area contributed by atoms with Gasteiger partial charge in [-0.2, -0.15) is 0 Å². The number of hydrogen-bond acceptors (Lipinski definition) is 3. The molecule has 168 valence electrons. The summed E-state index contributed by atoms with van der Waals surface area (Å²) in [6.07, 6.45) is 6.71. The highest BCUT2D eigenvalue weighted by atomic mass is 16.2. The molecule has 0 radical (unpaired) electrons. The van der Waals surface area contributed by atoms with E-state index in [9.17, 15) is 14.4 Å². The smallest absolute Gasteiger partial charge is 0.254 e. The van der Waals surface area contributed by atoms with E-state index in [1.165, 1.54) is 0 Å². The van der Waals surface area contributed by atoms with Crippen molar-refractivity contribution < 1.29 is 14.4 Å². The number of anilines is 1. The van der Waals surface area contributed by atoms with Crippen LogP contribution in [0.1, 0.15) is 84.1 Å². The Bertz CT molecular complexity index is 1010. The summed E-state index contributed by atoms with van der Waals surface area (Å²) < 4.78 is 0. The number of nitrogens with two attached hydrogens (primary N) is 1. The summed E-state index contributed by atoms with van der Waals surface area (Å²) in [6.45, 7) is 2.79. The van der Waals surface area contributed by atoms with Crippen LogP contribution in [0.2, 0.25) is 0 Å². The Kier molecular flexibility index (Phi) is 6.31. The lowest BCUT2D eigenvalue weighted by Crippen LogP contribution is -2.62. The molecule has 2 aromatic rings. The number of primary amides is 1. The fraction of sp³-hybridized carbons (Fsp3) is 0.423. The van der Waals surface area contributed by atoms with Crippen molar-refractivity contribution in [2.75, 3.05) is 11.9 Å². The standard InChI is InChI=1S/C26H31N3O3/c1-2-3-17-29-25(32)21-10-6-5-9-20(21)22(26(29)15-7-4-8-16-26)24(31)28-19-13-11-18(12-14-19)23(27)30/h5-6,9-14,22H,2-4,7-8,15-17H2,1H3,(H2,27,30)(H,28,31)/t22-/m1/s1. The number of fused-ring (bicyclic) bond motifs is 1. The number of amides is 3. The molecule has 4 rings (SSSR count). The molecule has 0 unspecified atom stereocenters. The van der Waals surface area contributed by atoms with Gasteiger partial charge in [-0.25, -0.2) is 0 Å². The van der Waals surface area contributed by atoms with Gasteiger partial charge in [-0.1, -0.05) is 50.8 Å². The molecule has 6 heteroatoms. The van der Waals surface area contributed by atoms with Crippen LogP contribution in [0.4, 0.5) is 5.69 Å². The van der Waals surface area contributed by atoms with E-state index >= 15 is 0 Å². The van der Waals surface area contributed by atoms with Crippen molar-refractivity contribution >= 4 is 23.4 Å². The van der Waals surface area contributed by atoms with Crippen molar-refractivity contribution in [3.8, 4) is 0 Å². The lowest BCUT2D eigenvalue weighted by molar-refractivity contribution is -0.122. The van der Waals surface area contributed by atoms with Crippen molar-refractivity contribution in [3.63, 3.8) is 0 Å². The van der Waals surface area contributed by atoms with Gasteiger partial charge in [0.15, 0.2) is 0 Å². The second-order valence-corrected chi connectivity index (χ2v) is 8.93. The van der Waals surface area contributed by atoms with Gasteiger partial charge in [-0.15, -0.1) is 0 Å². The molecular formula is C26H31N3O3. The third-order valence-electron chi connectivity index (χ3n) is 6.98. The third-order valence-corrected chi connectivity index (χ3v) is 6.98. The summed E-state index contributed by atoms with van der Waals surface area (Å²) >= 11 is 0. The van der Waals surface area contributed by atoms with Crippen molar-refractivity contribution in [3.05, 3.63) is 65.2 Å². The molecule has 1 aliphatic heterocycles. The van der Waals surface area contributed by atoms with E-state index in [0.29, 0.717) is 23.4 Å². The normalized spacial score (nSPS) is 19.5. The third kappa shape index (κ3) is 3.90. The second kappa shape index (κ2) is 9.15. The van der Waals surface area contributed by atoms with Crippen LogP contribution in [0.5, 0.6) is 0 Å². The minimum atomic E-state index is -0.504. The zero-order valence-corrected chi connectivity index (χ0v) is 18.6. The highest BCUT2D eigenvalue weighted by Crippen LogP contribution is 2.49. The Morgan fingerprint density at radius 3 is 2.41 bits per heavy atom. The first kappa shape index (κ1) is 22.1. The van der Waals surface area contributed by atoms with E-state index in [1.807, 2.05) is 29.2 Å². The van der Waals surface area contributed by atoms with E-state index < -0.39 is 17.4 Å². The highest BCUT2D eigenvalue weighted by Gasteiger charge is 2.54. The van der Waals surface area contributed by atoms with Crippen LogP contribution < -0.4 is 11.1 Å². The molecule has 0 aromatic heterocycles. The highest BCUT2D eigenvalue weighted by molar-refractivity contribution is 6.05. The number of hydrogen-bond donors (Lipinski definition) is 2. The van der Waals surface area contributed by atoms with E-state index in [1.54, 1.807) is 24.3 Å². The van der Waals surface area contributed by atoms with E-state index in [-0.39, 0.29) is 11.8 Å². The summed E-state index contributed by atoms with van der Waals surface area (Å²) in [5, 5.41) is 3.05. The molecule has 1 fully saturated rings. The number of rotatable bonds is 6. The summed E-state index contributed by atoms with van der Waals surface area (Å²) in [5.74, 6) is -1.01. The largest absolute Gasteiger partial charge is 0.366 e. The van der Waals surface area contributed by atoms with Crippen LogP contribution in [-0.4, -0.2) is 34.7 Å². The topological polar surface area (TPSA) is 92.5 Å². The Morgan fingerprint density at radius 1 is 1.06 bits per heavy atom. The molecule has 0 saturated heterocycles. The number of nitrogens with one attached hydrogen (secondary N) is 1. The molecule has 2 aromatic carbocycles. The summed E-state index contributed by atoms with van der Waals surface area (Å²) in [6, 6.07) is 14.2. The minimum Gasteiger partial charge on any atom is -0.366 e. The number of nitrogens with zero attached hydrogens (tertiary/aromatic N) is 1. The van der Waals surface area contributed by atoms with Crippen LogP contribution in [0, 0.1) is 0 Å². The first-order valence-electron chi connectivity index (χ1n) is 11.6. The van der Waals surface area contributed by atoms with E-state index in [2.05, 4.69) is 12.2 Å². The molecule has 2 aliphatic rings. The quantitative estimate of drug-likeness (QED) is 0.704. The van der Waals surface area contributed by atoms with Crippen molar-refractivity contribution in [1.82, 2.24) is 4.90 Å². The zero-order valence-electron chi connectivity index (χ0n) is 18.6. The van der Waals surface area contributed by atoms with Crippen molar-refractivity contribution in [1.29, 1.82) is 0 Å². The van der Waals surface area contributed by atoms with Gasteiger partial charge in [0.2, 0.25) is 11.8 Å². The second-order valence-electron chi connectivity index (χ2n) is 8.93. The minimum absolute atomic E-state index is 0.0470. The Balaban J connectivity index is 1.75. The summed E-state index contributed by atoms with van der Waals surface area (Å²) in [7, 11) is 0. The lowest BCUT2D eigenvalue weighted by atomic mass is 9.65. The first-order valence-corrected chi connectivity index (χ1v) is 11.6. The SMILES string of the molecule is CCCCN1C(=O)c2ccccc2[C@H](C(=O)Nc2ccc(C(N)=O)cc2)C12CCCCC2. The Labute approximate surface area is 189 Å². The van der Waals surface area contributed by atoms with Crippen LogP contribution in [0.15, 0.2) is 48.5 Å². The fourth-order valence-corrected chi connectivity index (χ4v) is 5.42. The number of unbranched alkanes of at least 4 members (excludes halogenated alkanes) is 1. The van der Waals surface area contributed by atoms with Gasteiger partial charge in [-0.3, -0.25) is 14.4 Å². The van der Waals surface area contributed by atoms with Crippen molar-refractivity contribution in [2.24, 2.45) is 5.73 Å². The molecule has 1 atom stereocenters. The zero-order chi connectivity index (χ0) is 22.7. The molecule has 0 bridgehead atoms. The van der Waals surface area contributed by atoms with Crippen LogP contribution >= 0.6 is 0 Å². The predicted octanol–water partition coefficient (Wildman–Crippen LogP) is 4.47. The molecule has 32 heavy (non-hydrogen) atoms. The average Bonchev–Trinajstić information content (AvgIpc) is 2.80. The van der Waals surface area contributed by atoms with E-state index in [4.69, 9.17) is 5.73 Å². The molecule has 1 heterocycles. The maximum absolute atomic E-state index is 13.8. The van der Waals surface area contributed by atoms with Crippen LogP contribution in [-0.2, 0) is 4.79 Å². The number of carbonyl (C=O) groups is 3.